The van der Waals surface area contributed by atoms with Crippen molar-refractivity contribution in [3.8, 4) is 6.07 Å². The maximum absolute atomic E-state index is 12.2. The average Bonchev–Trinajstić information content (AvgIpc) is 3.05. The Labute approximate surface area is 149 Å². The molecule has 0 spiro atoms. The Morgan fingerprint density at radius 3 is 2.85 bits per heavy atom. The van der Waals surface area contributed by atoms with Gasteiger partial charge >= 0.3 is 0 Å². The summed E-state index contributed by atoms with van der Waals surface area (Å²) in [5.41, 5.74) is 2.40. The van der Waals surface area contributed by atoms with Gasteiger partial charge in [0.25, 0.3) is 5.56 Å². The number of aliphatic hydroxyl groups excluding tert-OH is 1. The number of aromatic nitrogens is 2. The molecule has 1 aliphatic heterocycles. The van der Waals surface area contributed by atoms with Gasteiger partial charge in [0.05, 0.1) is 17.4 Å². The Hall–Kier alpha value is -3.59. The number of nitriles is 1. The molecule has 0 radical (unpaired) electrons. The van der Waals surface area contributed by atoms with Crippen molar-refractivity contribution in [3.63, 3.8) is 0 Å². The molecular formula is C20H16N4O2. The van der Waals surface area contributed by atoms with E-state index in [1.54, 1.807) is 24.3 Å². The molecule has 6 nitrogen and oxygen atoms in total. The standard InChI is InChI=1S/C20H16N4O2/c21-11-15(19-22-16-7-3-2-6-14(16)20(26)23-19)18(25)12-24-10-9-13-5-1-4-8-17(13)24/h1-8,25H,9-10,12H2,(H,22,23,26). The number of para-hydroxylation sites is 2. The van der Waals surface area contributed by atoms with Crippen LogP contribution in [0.5, 0.6) is 0 Å². The van der Waals surface area contributed by atoms with E-state index in [9.17, 15) is 15.2 Å². The summed E-state index contributed by atoms with van der Waals surface area (Å²) >= 11 is 0. The summed E-state index contributed by atoms with van der Waals surface area (Å²) in [7, 11) is 0. The van der Waals surface area contributed by atoms with Gasteiger partial charge in [0, 0.05) is 12.2 Å². The van der Waals surface area contributed by atoms with Crippen molar-refractivity contribution in [1.29, 1.82) is 5.26 Å². The van der Waals surface area contributed by atoms with Gasteiger partial charge in [0.2, 0.25) is 0 Å². The van der Waals surface area contributed by atoms with Gasteiger partial charge < -0.3 is 15.0 Å². The molecule has 128 valence electrons. The Kier molecular flexibility index (Phi) is 3.90. The number of anilines is 1. The van der Waals surface area contributed by atoms with E-state index < -0.39 is 0 Å². The second-order valence-electron chi connectivity index (χ2n) is 6.17. The van der Waals surface area contributed by atoms with Crippen LogP contribution in [0, 0.1) is 11.3 Å². The van der Waals surface area contributed by atoms with Gasteiger partial charge in [-0.2, -0.15) is 5.26 Å². The minimum absolute atomic E-state index is 0.0164. The SMILES string of the molecule is N#CC(=C(O)CN1CCc2ccccc21)c1nc2ccccc2c(=O)[nH]1. The van der Waals surface area contributed by atoms with E-state index in [-0.39, 0.29) is 29.3 Å². The molecule has 1 aromatic heterocycles. The fourth-order valence-electron chi connectivity index (χ4n) is 3.29. The smallest absolute Gasteiger partial charge is 0.259 e. The topological polar surface area (TPSA) is 93.0 Å². The number of benzene rings is 2. The Balaban J connectivity index is 1.73. The highest BCUT2D eigenvalue weighted by Crippen LogP contribution is 2.28. The maximum atomic E-state index is 12.2. The highest BCUT2D eigenvalue weighted by Gasteiger charge is 2.21. The molecule has 26 heavy (non-hydrogen) atoms. The maximum Gasteiger partial charge on any atom is 0.259 e. The second-order valence-corrected chi connectivity index (χ2v) is 6.17. The molecule has 0 bridgehead atoms. The monoisotopic (exact) mass is 344 g/mol. The van der Waals surface area contributed by atoms with Crippen LogP contribution in [-0.2, 0) is 6.42 Å². The van der Waals surface area contributed by atoms with Crippen molar-refractivity contribution in [2.45, 2.75) is 6.42 Å². The van der Waals surface area contributed by atoms with Crippen molar-refractivity contribution in [1.82, 2.24) is 9.97 Å². The van der Waals surface area contributed by atoms with Gasteiger partial charge in [0.15, 0.2) is 5.82 Å². The Bertz CT molecular complexity index is 1120. The van der Waals surface area contributed by atoms with E-state index in [1.165, 1.54) is 5.56 Å². The number of H-pyrrole nitrogens is 1. The molecule has 2 heterocycles. The van der Waals surface area contributed by atoms with Crippen LogP contribution in [0.2, 0.25) is 0 Å². The summed E-state index contributed by atoms with van der Waals surface area (Å²) < 4.78 is 0. The van der Waals surface area contributed by atoms with E-state index in [1.807, 2.05) is 29.2 Å². The lowest BCUT2D eigenvalue weighted by atomic mass is 10.1. The molecule has 4 rings (SSSR count). The molecular weight excluding hydrogens is 328 g/mol. The molecule has 3 aromatic rings. The summed E-state index contributed by atoms with van der Waals surface area (Å²) in [6.07, 6.45) is 0.899. The number of nitrogens with one attached hydrogen (secondary N) is 1. The van der Waals surface area contributed by atoms with Gasteiger partial charge in [-0.15, -0.1) is 0 Å². The molecule has 1 aliphatic rings. The summed E-state index contributed by atoms with van der Waals surface area (Å²) in [5.74, 6) is -0.0242. The van der Waals surface area contributed by atoms with Crippen LogP contribution in [0.15, 0.2) is 59.1 Å². The third-order valence-corrected chi connectivity index (χ3v) is 4.57. The number of hydrogen-bond donors (Lipinski definition) is 2. The zero-order valence-electron chi connectivity index (χ0n) is 13.9. The van der Waals surface area contributed by atoms with E-state index in [0.717, 1.165) is 18.7 Å². The Morgan fingerprint density at radius 1 is 1.23 bits per heavy atom. The third-order valence-electron chi connectivity index (χ3n) is 4.57. The number of fused-ring (bicyclic) bond motifs is 2. The minimum Gasteiger partial charge on any atom is -0.509 e. The summed E-state index contributed by atoms with van der Waals surface area (Å²) in [4.78, 5) is 21.2. The van der Waals surface area contributed by atoms with E-state index >= 15 is 0 Å². The summed E-state index contributed by atoms with van der Waals surface area (Å²) in [6, 6.07) is 16.9. The first-order valence-electron chi connectivity index (χ1n) is 8.32. The first kappa shape index (κ1) is 15.9. The highest BCUT2D eigenvalue weighted by molar-refractivity contribution is 5.82. The lowest BCUT2D eigenvalue weighted by Crippen LogP contribution is -2.24. The lowest BCUT2D eigenvalue weighted by Gasteiger charge is -2.19. The van der Waals surface area contributed by atoms with Gasteiger partial charge in [0.1, 0.15) is 17.4 Å². The second kappa shape index (κ2) is 6.37. The van der Waals surface area contributed by atoms with Crippen LogP contribution >= 0.6 is 0 Å². The first-order valence-corrected chi connectivity index (χ1v) is 8.32. The third kappa shape index (κ3) is 2.70. The van der Waals surface area contributed by atoms with Gasteiger partial charge in [-0.1, -0.05) is 30.3 Å². The summed E-state index contributed by atoms with van der Waals surface area (Å²) in [5, 5.41) is 20.5. The van der Waals surface area contributed by atoms with Crippen molar-refractivity contribution < 1.29 is 5.11 Å². The number of aliphatic hydroxyl groups is 1. The predicted molar refractivity (Wildman–Crippen MR) is 99.9 cm³/mol. The van der Waals surface area contributed by atoms with E-state index in [2.05, 4.69) is 16.0 Å². The fraction of sp³-hybridized carbons (Fsp3) is 0.150. The van der Waals surface area contributed by atoms with Crippen molar-refractivity contribution >= 4 is 22.2 Å². The molecule has 0 aliphatic carbocycles. The van der Waals surface area contributed by atoms with Gasteiger partial charge in [-0.25, -0.2) is 4.98 Å². The highest BCUT2D eigenvalue weighted by atomic mass is 16.3. The fourth-order valence-corrected chi connectivity index (χ4v) is 3.29. The molecule has 0 atom stereocenters. The zero-order valence-corrected chi connectivity index (χ0v) is 13.9. The molecule has 0 saturated heterocycles. The number of hydrogen-bond acceptors (Lipinski definition) is 5. The van der Waals surface area contributed by atoms with Crippen LogP contribution < -0.4 is 10.5 Å². The van der Waals surface area contributed by atoms with Crippen molar-refractivity contribution in [2.75, 3.05) is 18.0 Å². The molecule has 6 heteroatoms. The molecule has 2 aromatic carbocycles. The molecule has 0 unspecified atom stereocenters. The normalized spacial score (nSPS) is 14.0. The quantitative estimate of drug-likeness (QED) is 0.563. The van der Waals surface area contributed by atoms with E-state index in [4.69, 9.17) is 0 Å². The molecule has 2 N–H and O–H groups in total. The van der Waals surface area contributed by atoms with Crippen LogP contribution in [0.1, 0.15) is 11.4 Å². The van der Waals surface area contributed by atoms with Crippen molar-refractivity contribution in [2.24, 2.45) is 0 Å². The number of nitrogens with zero attached hydrogens (tertiary/aromatic N) is 3. The van der Waals surface area contributed by atoms with Crippen molar-refractivity contribution in [3.05, 3.63) is 76.0 Å². The number of allylic oxidation sites excluding steroid dienone is 1. The number of aromatic amines is 1. The van der Waals surface area contributed by atoms with Crippen LogP contribution in [0.25, 0.3) is 16.5 Å². The van der Waals surface area contributed by atoms with Crippen LogP contribution in [0.3, 0.4) is 0 Å². The molecule has 0 fully saturated rings. The van der Waals surface area contributed by atoms with E-state index in [0.29, 0.717) is 10.9 Å². The minimum atomic E-state index is -0.335. The molecule has 0 saturated carbocycles. The predicted octanol–water partition coefficient (Wildman–Crippen LogP) is 2.78. The average molecular weight is 344 g/mol. The summed E-state index contributed by atoms with van der Waals surface area (Å²) in [6.45, 7) is 0.959. The zero-order chi connectivity index (χ0) is 18.1. The molecule has 0 amide bonds. The van der Waals surface area contributed by atoms with Gasteiger partial charge in [-0.3, -0.25) is 4.79 Å². The first-order chi connectivity index (χ1) is 12.7. The number of rotatable bonds is 3. The lowest BCUT2D eigenvalue weighted by molar-refractivity contribution is 0.403. The van der Waals surface area contributed by atoms with Crippen LogP contribution in [0.4, 0.5) is 5.69 Å². The van der Waals surface area contributed by atoms with Gasteiger partial charge in [-0.05, 0) is 30.2 Å². The van der Waals surface area contributed by atoms with Crippen LogP contribution in [-0.4, -0.2) is 28.2 Å². The largest absolute Gasteiger partial charge is 0.509 e. The Morgan fingerprint density at radius 2 is 2.00 bits per heavy atom.